The summed E-state index contributed by atoms with van der Waals surface area (Å²) in [5, 5.41) is 0.581. The van der Waals surface area contributed by atoms with E-state index in [-0.39, 0.29) is 21.1 Å². The molecule has 1 nitrogen and oxygen atoms in total. The summed E-state index contributed by atoms with van der Waals surface area (Å²) < 4.78 is 26.3. The number of hydrogen-bond donors (Lipinski definition) is 0. The summed E-state index contributed by atoms with van der Waals surface area (Å²) in [5.41, 5.74) is 0.493. The van der Waals surface area contributed by atoms with Crippen LogP contribution in [0.4, 0.5) is 8.78 Å². The fraction of sp³-hybridized carbons (Fsp3) is 0.100. The van der Waals surface area contributed by atoms with E-state index in [2.05, 4.69) is 4.98 Å². The highest BCUT2D eigenvalue weighted by molar-refractivity contribution is 6.39. The number of aromatic nitrogens is 1. The van der Waals surface area contributed by atoms with Crippen molar-refractivity contribution < 1.29 is 8.78 Å². The number of fused-ring (bicyclic) bond motifs is 1. The highest BCUT2D eigenvalue weighted by Gasteiger charge is 2.13. The Labute approximate surface area is 94.6 Å². The fourth-order valence-electron chi connectivity index (χ4n) is 1.32. The number of halogens is 4. The van der Waals surface area contributed by atoms with Gasteiger partial charge in [0.25, 0.3) is 0 Å². The van der Waals surface area contributed by atoms with Crippen molar-refractivity contribution in [1.82, 2.24) is 4.98 Å². The van der Waals surface area contributed by atoms with Gasteiger partial charge in [0, 0.05) is 17.0 Å². The summed E-state index contributed by atoms with van der Waals surface area (Å²) in [4.78, 5) is 3.82. The molecule has 15 heavy (non-hydrogen) atoms. The molecule has 1 heterocycles. The molecule has 1 aromatic carbocycles. The van der Waals surface area contributed by atoms with Crippen LogP contribution in [0.25, 0.3) is 10.9 Å². The van der Waals surface area contributed by atoms with Crippen LogP contribution in [0.15, 0.2) is 12.1 Å². The number of benzene rings is 1. The molecule has 5 heteroatoms. The van der Waals surface area contributed by atoms with E-state index in [9.17, 15) is 8.78 Å². The molecule has 0 bridgehead atoms. The maximum absolute atomic E-state index is 13.3. The first-order valence-corrected chi connectivity index (χ1v) is 4.86. The fourth-order valence-corrected chi connectivity index (χ4v) is 1.78. The van der Waals surface area contributed by atoms with Crippen LogP contribution >= 0.6 is 23.2 Å². The third-order valence-corrected chi connectivity index (χ3v) is 2.97. The quantitative estimate of drug-likeness (QED) is 0.639. The zero-order chi connectivity index (χ0) is 11.2. The molecule has 2 aromatic rings. The van der Waals surface area contributed by atoms with Crippen molar-refractivity contribution in [2.45, 2.75) is 6.92 Å². The van der Waals surface area contributed by atoms with E-state index in [0.29, 0.717) is 5.56 Å². The second-order valence-electron chi connectivity index (χ2n) is 3.13. The molecular formula is C10H5Cl2F2N. The second kappa shape index (κ2) is 3.58. The average Bonchev–Trinajstić information content (AvgIpc) is 2.17. The molecule has 0 aliphatic heterocycles. The van der Waals surface area contributed by atoms with Crippen molar-refractivity contribution in [3.05, 3.63) is 39.5 Å². The van der Waals surface area contributed by atoms with Gasteiger partial charge in [-0.1, -0.05) is 23.2 Å². The molecule has 0 saturated carbocycles. The van der Waals surface area contributed by atoms with Crippen LogP contribution in [0, 0.1) is 18.6 Å². The van der Waals surface area contributed by atoms with E-state index in [4.69, 9.17) is 23.2 Å². The normalized spacial score (nSPS) is 11.0. The van der Waals surface area contributed by atoms with Crippen LogP contribution in [0.1, 0.15) is 5.56 Å². The Morgan fingerprint density at radius 1 is 1.20 bits per heavy atom. The van der Waals surface area contributed by atoms with Crippen LogP contribution in [-0.4, -0.2) is 4.98 Å². The Morgan fingerprint density at radius 3 is 2.53 bits per heavy atom. The third kappa shape index (κ3) is 1.66. The molecule has 0 unspecified atom stereocenters. The molecule has 0 aliphatic carbocycles. The number of rotatable bonds is 0. The van der Waals surface area contributed by atoms with E-state index in [1.54, 1.807) is 6.92 Å². The van der Waals surface area contributed by atoms with Gasteiger partial charge < -0.3 is 0 Å². The van der Waals surface area contributed by atoms with Crippen LogP contribution < -0.4 is 0 Å². The number of nitrogens with zero attached hydrogens (tertiary/aromatic N) is 1. The minimum Gasteiger partial charge on any atom is -0.233 e. The Bertz CT molecular complexity index is 555. The van der Waals surface area contributed by atoms with Gasteiger partial charge in [0.1, 0.15) is 16.5 Å². The first kappa shape index (κ1) is 10.6. The summed E-state index contributed by atoms with van der Waals surface area (Å²) >= 11 is 11.7. The summed E-state index contributed by atoms with van der Waals surface area (Å²) in [7, 11) is 0. The zero-order valence-corrected chi connectivity index (χ0v) is 9.13. The van der Waals surface area contributed by atoms with Crippen LogP contribution in [0.2, 0.25) is 10.2 Å². The van der Waals surface area contributed by atoms with E-state index < -0.39 is 11.6 Å². The maximum atomic E-state index is 13.3. The van der Waals surface area contributed by atoms with Gasteiger partial charge >= 0.3 is 0 Å². The predicted molar refractivity (Wildman–Crippen MR) is 56.4 cm³/mol. The third-order valence-electron chi connectivity index (χ3n) is 2.11. The Balaban J connectivity index is 2.98. The van der Waals surface area contributed by atoms with Crippen LogP contribution in [-0.2, 0) is 0 Å². The van der Waals surface area contributed by atoms with E-state index in [1.165, 1.54) is 0 Å². The van der Waals surface area contributed by atoms with Gasteiger partial charge in [-0.2, -0.15) is 0 Å². The van der Waals surface area contributed by atoms with Crippen molar-refractivity contribution >= 4 is 34.1 Å². The first-order valence-electron chi connectivity index (χ1n) is 4.11. The minimum absolute atomic E-state index is 0.0167. The predicted octanol–water partition coefficient (Wildman–Crippen LogP) is 4.13. The summed E-state index contributed by atoms with van der Waals surface area (Å²) in [5.74, 6) is -1.46. The standard InChI is InChI=1S/C10H5Cl2F2N/c1-4-8(11)6-2-5(13)3-7(14)9(6)15-10(4)12/h2-3H,1H3. The van der Waals surface area contributed by atoms with Gasteiger partial charge in [-0.05, 0) is 13.0 Å². The molecule has 2 rings (SSSR count). The van der Waals surface area contributed by atoms with Gasteiger partial charge in [-0.3, -0.25) is 0 Å². The number of pyridine rings is 1. The monoisotopic (exact) mass is 247 g/mol. The molecule has 1 aromatic heterocycles. The molecule has 0 N–H and O–H groups in total. The Hall–Kier alpha value is -0.930. The van der Waals surface area contributed by atoms with Crippen LogP contribution in [0.5, 0.6) is 0 Å². The second-order valence-corrected chi connectivity index (χ2v) is 3.86. The highest BCUT2D eigenvalue weighted by Crippen LogP contribution is 2.31. The molecule has 0 fully saturated rings. The first-order chi connectivity index (χ1) is 7.00. The smallest absolute Gasteiger partial charge is 0.152 e. The van der Waals surface area contributed by atoms with Gasteiger partial charge in [-0.25, -0.2) is 13.8 Å². The Morgan fingerprint density at radius 2 is 1.87 bits per heavy atom. The largest absolute Gasteiger partial charge is 0.233 e. The van der Waals surface area contributed by atoms with Crippen LogP contribution in [0.3, 0.4) is 0 Å². The van der Waals surface area contributed by atoms with Gasteiger partial charge in [0.2, 0.25) is 0 Å². The topological polar surface area (TPSA) is 12.9 Å². The van der Waals surface area contributed by atoms with Crippen molar-refractivity contribution in [2.75, 3.05) is 0 Å². The number of hydrogen-bond acceptors (Lipinski definition) is 1. The maximum Gasteiger partial charge on any atom is 0.152 e. The minimum atomic E-state index is -0.770. The molecular weight excluding hydrogens is 243 g/mol. The Kier molecular flexibility index (Phi) is 2.52. The SMILES string of the molecule is Cc1c(Cl)nc2c(F)cc(F)cc2c1Cl. The van der Waals surface area contributed by atoms with Gasteiger partial charge in [0.05, 0.1) is 5.02 Å². The molecule has 0 saturated heterocycles. The average molecular weight is 248 g/mol. The lowest BCUT2D eigenvalue weighted by molar-refractivity contribution is 0.590. The van der Waals surface area contributed by atoms with E-state index in [1.807, 2.05) is 0 Å². The summed E-state index contributed by atoms with van der Waals surface area (Å²) in [6, 6.07) is 1.88. The molecule has 0 atom stereocenters. The lowest BCUT2D eigenvalue weighted by atomic mass is 10.1. The zero-order valence-electron chi connectivity index (χ0n) is 7.61. The highest BCUT2D eigenvalue weighted by atomic mass is 35.5. The summed E-state index contributed by atoms with van der Waals surface area (Å²) in [6.45, 7) is 1.64. The molecule has 0 spiro atoms. The molecule has 0 aliphatic rings. The van der Waals surface area contributed by atoms with Crippen molar-refractivity contribution in [1.29, 1.82) is 0 Å². The van der Waals surface area contributed by atoms with Crippen molar-refractivity contribution in [3.63, 3.8) is 0 Å². The molecule has 0 amide bonds. The van der Waals surface area contributed by atoms with E-state index in [0.717, 1.165) is 12.1 Å². The van der Waals surface area contributed by atoms with Gasteiger partial charge in [0.15, 0.2) is 5.82 Å². The van der Waals surface area contributed by atoms with Gasteiger partial charge in [-0.15, -0.1) is 0 Å². The molecule has 78 valence electrons. The lowest BCUT2D eigenvalue weighted by Crippen LogP contribution is -1.92. The molecule has 0 radical (unpaired) electrons. The van der Waals surface area contributed by atoms with E-state index >= 15 is 0 Å². The van der Waals surface area contributed by atoms with Crippen molar-refractivity contribution in [2.24, 2.45) is 0 Å². The van der Waals surface area contributed by atoms with Crippen molar-refractivity contribution in [3.8, 4) is 0 Å². The lowest BCUT2D eigenvalue weighted by Gasteiger charge is -2.06. The summed E-state index contributed by atoms with van der Waals surface area (Å²) in [6.07, 6.45) is 0.